The predicted molar refractivity (Wildman–Crippen MR) is 60.4 cm³/mol. The minimum atomic E-state index is -3.43. The number of halogens is 2. The highest BCUT2D eigenvalue weighted by Crippen LogP contribution is 2.16. The number of hydrogen-bond acceptors (Lipinski definition) is 2. The Morgan fingerprint density at radius 3 is 2.67 bits per heavy atom. The van der Waals surface area contributed by atoms with Crippen molar-refractivity contribution in [3.8, 4) is 0 Å². The standard InChI is InChI=1S/C9H11BrFNO2S/c1-2-12-15(13,14)6-7-3-4-8(10)5-9(7)11/h3-5,12H,2,6H2,1H3. The van der Waals surface area contributed by atoms with E-state index in [0.29, 0.717) is 11.0 Å². The number of nitrogens with one attached hydrogen (secondary N) is 1. The van der Waals surface area contributed by atoms with E-state index in [9.17, 15) is 12.8 Å². The summed E-state index contributed by atoms with van der Waals surface area (Å²) in [6, 6.07) is 4.31. The van der Waals surface area contributed by atoms with E-state index in [4.69, 9.17) is 0 Å². The third-order valence-electron chi connectivity index (χ3n) is 1.72. The molecule has 0 spiro atoms. The molecule has 0 heterocycles. The van der Waals surface area contributed by atoms with Gasteiger partial charge < -0.3 is 0 Å². The van der Waals surface area contributed by atoms with Gasteiger partial charge in [0.25, 0.3) is 0 Å². The molecule has 0 saturated carbocycles. The summed E-state index contributed by atoms with van der Waals surface area (Å²) in [5.41, 5.74) is 0.166. The summed E-state index contributed by atoms with van der Waals surface area (Å²) in [6.07, 6.45) is 0. The van der Waals surface area contributed by atoms with E-state index in [1.54, 1.807) is 13.0 Å². The van der Waals surface area contributed by atoms with Crippen LogP contribution in [-0.4, -0.2) is 15.0 Å². The summed E-state index contributed by atoms with van der Waals surface area (Å²) in [5.74, 6) is -0.856. The molecule has 0 bridgehead atoms. The number of benzene rings is 1. The lowest BCUT2D eigenvalue weighted by Gasteiger charge is -2.05. The average molecular weight is 296 g/mol. The largest absolute Gasteiger partial charge is 0.215 e. The highest BCUT2D eigenvalue weighted by molar-refractivity contribution is 9.10. The lowest BCUT2D eigenvalue weighted by atomic mass is 10.2. The Bertz CT molecular complexity index is 447. The summed E-state index contributed by atoms with van der Waals surface area (Å²) in [6.45, 7) is 1.98. The average Bonchev–Trinajstić information content (AvgIpc) is 2.09. The van der Waals surface area contributed by atoms with E-state index in [1.807, 2.05) is 0 Å². The van der Waals surface area contributed by atoms with Gasteiger partial charge in [0, 0.05) is 16.6 Å². The van der Waals surface area contributed by atoms with Crippen molar-refractivity contribution in [3.63, 3.8) is 0 Å². The van der Waals surface area contributed by atoms with Crippen molar-refractivity contribution in [3.05, 3.63) is 34.1 Å². The van der Waals surface area contributed by atoms with E-state index in [1.165, 1.54) is 12.1 Å². The summed E-state index contributed by atoms with van der Waals surface area (Å²) in [4.78, 5) is 0. The van der Waals surface area contributed by atoms with Crippen molar-refractivity contribution in [1.29, 1.82) is 0 Å². The first-order valence-corrected chi connectivity index (χ1v) is 6.80. The summed E-state index contributed by atoms with van der Waals surface area (Å²) in [5, 5.41) is 0. The van der Waals surface area contributed by atoms with Gasteiger partial charge in [-0.05, 0) is 12.1 Å². The molecule has 0 atom stereocenters. The van der Waals surface area contributed by atoms with Crippen LogP contribution in [0.3, 0.4) is 0 Å². The van der Waals surface area contributed by atoms with Gasteiger partial charge in [0.2, 0.25) is 10.0 Å². The maximum absolute atomic E-state index is 13.3. The molecule has 0 aliphatic rings. The van der Waals surface area contributed by atoms with Gasteiger partial charge in [0.15, 0.2) is 0 Å². The second-order valence-corrected chi connectivity index (χ2v) is 5.72. The fraction of sp³-hybridized carbons (Fsp3) is 0.333. The van der Waals surface area contributed by atoms with Crippen molar-refractivity contribution in [2.45, 2.75) is 12.7 Å². The van der Waals surface area contributed by atoms with Crippen LogP contribution in [0.25, 0.3) is 0 Å². The Morgan fingerprint density at radius 1 is 1.47 bits per heavy atom. The van der Waals surface area contributed by atoms with Crippen LogP contribution in [0.5, 0.6) is 0 Å². The third-order valence-corrected chi connectivity index (χ3v) is 3.64. The molecular weight excluding hydrogens is 285 g/mol. The zero-order chi connectivity index (χ0) is 11.5. The molecule has 0 amide bonds. The van der Waals surface area contributed by atoms with Gasteiger partial charge in [-0.3, -0.25) is 0 Å². The van der Waals surface area contributed by atoms with Crippen LogP contribution in [0.15, 0.2) is 22.7 Å². The van der Waals surface area contributed by atoms with Crippen molar-refractivity contribution >= 4 is 26.0 Å². The van der Waals surface area contributed by atoms with Gasteiger partial charge in [-0.1, -0.05) is 28.9 Å². The molecule has 0 aliphatic heterocycles. The molecule has 0 aromatic heterocycles. The molecule has 0 unspecified atom stereocenters. The fourth-order valence-corrected chi connectivity index (χ4v) is 2.63. The Morgan fingerprint density at radius 2 is 2.13 bits per heavy atom. The minimum absolute atomic E-state index is 0.166. The van der Waals surface area contributed by atoms with Gasteiger partial charge in [-0.15, -0.1) is 0 Å². The van der Waals surface area contributed by atoms with Crippen LogP contribution < -0.4 is 4.72 Å². The van der Waals surface area contributed by atoms with Crippen LogP contribution in [0, 0.1) is 5.82 Å². The lowest BCUT2D eigenvalue weighted by molar-refractivity contribution is 0.576. The predicted octanol–water partition coefficient (Wildman–Crippen LogP) is 2.03. The molecule has 3 nitrogen and oxygen atoms in total. The van der Waals surface area contributed by atoms with Crippen molar-refractivity contribution in [2.75, 3.05) is 6.54 Å². The first-order chi connectivity index (χ1) is 6.94. The van der Waals surface area contributed by atoms with E-state index >= 15 is 0 Å². The normalized spacial score (nSPS) is 11.7. The molecule has 1 aromatic carbocycles. The molecular formula is C9H11BrFNO2S. The van der Waals surface area contributed by atoms with Crippen molar-refractivity contribution < 1.29 is 12.8 Å². The maximum Gasteiger partial charge on any atom is 0.215 e. The zero-order valence-electron chi connectivity index (χ0n) is 8.13. The summed E-state index contributed by atoms with van der Waals surface area (Å²) < 4.78 is 38.9. The summed E-state index contributed by atoms with van der Waals surface area (Å²) in [7, 11) is -3.43. The Labute approximate surface area is 96.9 Å². The van der Waals surface area contributed by atoms with E-state index in [0.717, 1.165) is 0 Å². The van der Waals surface area contributed by atoms with E-state index in [-0.39, 0.29) is 11.3 Å². The monoisotopic (exact) mass is 295 g/mol. The zero-order valence-corrected chi connectivity index (χ0v) is 10.5. The maximum atomic E-state index is 13.3. The summed E-state index contributed by atoms with van der Waals surface area (Å²) >= 11 is 3.10. The second kappa shape index (κ2) is 5.05. The molecule has 1 N–H and O–H groups in total. The Balaban J connectivity index is 2.90. The molecule has 0 fully saturated rings. The highest BCUT2D eigenvalue weighted by Gasteiger charge is 2.13. The van der Waals surface area contributed by atoms with Crippen LogP contribution in [-0.2, 0) is 15.8 Å². The van der Waals surface area contributed by atoms with Crippen LogP contribution >= 0.6 is 15.9 Å². The molecule has 0 saturated heterocycles. The molecule has 0 aliphatic carbocycles. The number of sulfonamides is 1. The topological polar surface area (TPSA) is 46.2 Å². The quantitative estimate of drug-likeness (QED) is 0.924. The Hall–Kier alpha value is -0.460. The molecule has 1 rings (SSSR count). The molecule has 6 heteroatoms. The first-order valence-electron chi connectivity index (χ1n) is 4.36. The molecule has 84 valence electrons. The Kier molecular flexibility index (Phi) is 4.24. The van der Waals surface area contributed by atoms with Gasteiger partial charge in [0.05, 0.1) is 5.75 Å². The minimum Gasteiger partial charge on any atom is -0.215 e. The van der Waals surface area contributed by atoms with E-state index < -0.39 is 15.8 Å². The van der Waals surface area contributed by atoms with Crippen LogP contribution in [0.4, 0.5) is 4.39 Å². The fourth-order valence-electron chi connectivity index (χ4n) is 1.11. The molecule has 15 heavy (non-hydrogen) atoms. The molecule has 0 radical (unpaired) electrons. The van der Waals surface area contributed by atoms with Crippen molar-refractivity contribution in [2.24, 2.45) is 0 Å². The molecule has 1 aromatic rings. The van der Waals surface area contributed by atoms with Gasteiger partial charge in [0.1, 0.15) is 5.82 Å². The van der Waals surface area contributed by atoms with Crippen LogP contribution in [0.2, 0.25) is 0 Å². The smallest absolute Gasteiger partial charge is 0.215 e. The SMILES string of the molecule is CCNS(=O)(=O)Cc1ccc(Br)cc1F. The highest BCUT2D eigenvalue weighted by atomic mass is 79.9. The first kappa shape index (κ1) is 12.6. The lowest BCUT2D eigenvalue weighted by Crippen LogP contribution is -2.25. The number of rotatable bonds is 4. The second-order valence-electron chi connectivity index (χ2n) is 2.99. The van der Waals surface area contributed by atoms with Gasteiger partial charge in [-0.25, -0.2) is 17.5 Å². The van der Waals surface area contributed by atoms with E-state index in [2.05, 4.69) is 20.7 Å². The van der Waals surface area contributed by atoms with Gasteiger partial charge >= 0.3 is 0 Å². The van der Waals surface area contributed by atoms with Gasteiger partial charge in [-0.2, -0.15) is 0 Å². The van der Waals surface area contributed by atoms with Crippen molar-refractivity contribution in [1.82, 2.24) is 4.72 Å². The number of hydrogen-bond donors (Lipinski definition) is 1. The third kappa shape index (κ3) is 3.89. The van der Waals surface area contributed by atoms with Crippen LogP contribution in [0.1, 0.15) is 12.5 Å².